The Labute approximate surface area is 132 Å². The topological polar surface area (TPSA) is 42.9 Å². The zero-order valence-electron chi connectivity index (χ0n) is 12.9. The number of aromatic nitrogens is 2. The zero-order chi connectivity index (χ0) is 16.4. The third-order valence-corrected chi connectivity index (χ3v) is 5.89. The number of rotatable bonds is 2. The minimum absolute atomic E-state index is 0.159. The third-order valence-electron chi connectivity index (χ3n) is 5.89. The molecule has 0 amide bonds. The molecular weight excluding hydrogens is 298 g/mol. The van der Waals surface area contributed by atoms with E-state index >= 15 is 0 Å². The molecule has 118 valence electrons. The molecule has 0 saturated heterocycles. The second kappa shape index (κ2) is 4.43. The maximum absolute atomic E-state index is 14.0. The van der Waals surface area contributed by atoms with Crippen molar-refractivity contribution in [2.75, 3.05) is 0 Å². The van der Waals surface area contributed by atoms with Crippen LogP contribution in [0.4, 0.5) is 8.78 Å². The summed E-state index contributed by atoms with van der Waals surface area (Å²) < 4.78 is 28.0. The van der Waals surface area contributed by atoms with Gasteiger partial charge in [0.05, 0.1) is 22.4 Å². The van der Waals surface area contributed by atoms with E-state index in [2.05, 4.69) is 24.0 Å². The molecular formula is C18H16F2N2O. The third kappa shape index (κ3) is 1.60. The molecule has 1 heterocycles. The molecule has 1 fully saturated rings. The van der Waals surface area contributed by atoms with E-state index in [0.717, 1.165) is 24.7 Å². The van der Waals surface area contributed by atoms with Gasteiger partial charge in [-0.15, -0.1) is 5.10 Å². The van der Waals surface area contributed by atoms with E-state index in [-0.39, 0.29) is 22.6 Å². The van der Waals surface area contributed by atoms with Crippen LogP contribution in [0.3, 0.4) is 0 Å². The highest BCUT2D eigenvalue weighted by atomic mass is 19.1. The summed E-state index contributed by atoms with van der Waals surface area (Å²) in [7, 11) is 0. The summed E-state index contributed by atoms with van der Waals surface area (Å²) in [6.45, 7) is 4.12. The van der Waals surface area contributed by atoms with Crippen molar-refractivity contribution in [1.82, 2.24) is 10.2 Å². The van der Waals surface area contributed by atoms with E-state index in [1.807, 2.05) is 0 Å². The van der Waals surface area contributed by atoms with E-state index < -0.39 is 17.0 Å². The highest BCUT2D eigenvalue weighted by Crippen LogP contribution is 2.66. The second-order valence-electron chi connectivity index (χ2n) is 7.03. The summed E-state index contributed by atoms with van der Waals surface area (Å²) >= 11 is 0. The van der Waals surface area contributed by atoms with Crippen molar-refractivity contribution in [2.45, 2.75) is 38.0 Å². The molecule has 0 unspecified atom stereocenters. The predicted octanol–water partition coefficient (Wildman–Crippen LogP) is 3.78. The fourth-order valence-corrected chi connectivity index (χ4v) is 4.48. The summed E-state index contributed by atoms with van der Waals surface area (Å²) in [4.78, 5) is 11.8. The van der Waals surface area contributed by atoms with Gasteiger partial charge < -0.3 is 4.79 Å². The molecule has 5 heteroatoms. The normalized spacial score (nSPS) is 27.0. The van der Waals surface area contributed by atoms with Gasteiger partial charge in [-0.3, -0.25) is 0 Å². The lowest BCUT2D eigenvalue weighted by molar-refractivity contribution is -0.115. The molecule has 2 bridgehead atoms. The Hall–Kier alpha value is -2.17. The minimum Gasteiger partial charge on any atom is -0.302 e. The number of carbonyl (C=O) groups excluding carboxylic acids is 1. The second-order valence-corrected chi connectivity index (χ2v) is 7.03. The first kappa shape index (κ1) is 14.4. The molecule has 2 atom stereocenters. The van der Waals surface area contributed by atoms with Gasteiger partial charge in [0.25, 0.3) is 0 Å². The first-order valence-corrected chi connectivity index (χ1v) is 7.71. The van der Waals surface area contributed by atoms with Crippen molar-refractivity contribution < 1.29 is 13.6 Å². The van der Waals surface area contributed by atoms with Gasteiger partial charge in [0.1, 0.15) is 17.9 Å². The van der Waals surface area contributed by atoms with Crippen LogP contribution < -0.4 is 0 Å². The number of nitrogens with zero attached hydrogens (tertiary/aromatic N) is 2. The SMILES string of the molecule is CC1(C)[C@H]2CC[C@]1(C=O)c1nnc(-c3c(F)cccc3F)cc12. The molecule has 1 aromatic carbocycles. The molecule has 0 aliphatic heterocycles. The van der Waals surface area contributed by atoms with Crippen LogP contribution >= 0.6 is 0 Å². The number of hydrogen-bond donors (Lipinski definition) is 0. The lowest BCUT2D eigenvalue weighted by atomic mass is 9.69. The minimum atomic E-state index is -0.660. The fraction of sp³-hybridized carbons (Fsp3) is 0.389. The summed E-state index contributed by atoms with van der Waals surface area (Å²) in [6.07, 6.45) is 2.61. The molecule has 2 aliphatic rings. The van der Waals surface area contributed by atoms with Crippen LogP contribution in [0.25, 0.3) is 11.3 Å². The fourth-order valence-electron chi connectivity index (χ4n) is 4.48. The van der Waals surface area contributed by atoms with E-state index in [0.29, 0.717) is 5.69 Å². The molecule has 23 heavy (non-hydrogen) atoms. The average molecular weight is 314 g/mol. The summed E-state index contributed by atoms with van der Waals surface area (Å²) in [6, 6.07) is 5.44. The number of halogens is 2. The number of aldehydes is 1. The lowest BCUT2D eigenvalue weighted by Gasteiger charge is -2.32. The molecule has 0 spiro atoms. The van der Waals surface area contributed by atoms with Gasteiger partial charge in [0.15, 0.2) is 0 Å². The van der Waals surface area contributed by atoms with Crippen molar-refractivity contribution >= 4 is 6.29 Å². The molecule has 0 radical (unpaired) electrons. The largest absolute Gasteiger partial charge is 0.302 e. The van der Waals surface area contributed by atoms with Crippen LogP contribution in [-0.4, -0.2) is 16.5 Å². The smallest absolute Gasteiger partial charge is 0.135 e. The molecule has 0 N–H and O–H groups in total. The summed E-state index contributed by atoms with van der Waals surface area (Å²) in [5.74, 6) is -1.16. The van der Waals surface area contributed by atoms with Gasteiger partial charge in [-0.2, -0.15) is 5.10 Å². The van der Waals surface area contributed by atoms with Gasteiger partial charge in [0, 0.05) is 0 Å². The van der Waals surface area contributed by atoms with Crippen LogP contribution in [0.15, 0.2) is 24.3 Å². The Morgan fingerprint density at radius 3 is 2.57 bits per heavy atom. The maximum atomic E-state index is 14.0. The van der Waals surface area contributed by atoms with Crippen molar-refractivity contribution in [2.24, 2.45) is 5.41 Å². The molecule has 3 nitrogen and oxygen atoms in total. The van der Waals surface area contributed by atoms with Crippen molar-refractivity contribution in [3.8, 4) is 11.3 Å². The van der Waals surface area contributed by atoms with Gasteiger partial charge in [-0.05, 0) is 47.9 Å². The van der Waals surface area contributed by atoms with Crippen LogP contribution in [0.2, 0.25) is 0 Å². The number of carbonyl (C=O) groups is 1. The molecule has 2 aromatic rings. The Morgan fingerprint density at radius 1 is 1.22 bits per heavy atom. The first-order chi connectivity index (χ1) is 10.9. The van der Waals surface area contributed by atoms with Gasteiger partial charge >= 0.3 is 0 Å². The average Bonchev–Trinajstić information content (AvgIpc) is 2.88. The Bertz CT molecular complexity index is 814. The quantitative estimate of drug-likeness (QED) is 0.792. The van der Waals surface area contributed by atoms with E-state index in [9.17, 15) is 13.6 Å². The zero-order valence-corrected chi connectivity index (χ0v) is 12.9. The summed E-state index contributed by atoms with van der Waals surface area (Å²) in [5, 5.41) is 8.26. The number of hydrogen-bond acceptors (Lipinski definition) is 3. The Kier molecular flexibility index (Phi) is 2.78. The van der Waals surface area contributed by atoms with Crippen LogP contribution in [0.1, 0.15) is 43.9 Å². The van der Waals surface area contributed by atoms with Crippen LogP contribution in [0.5, 0.6) is 0 Å². The standard InChI is InChI=1S/C18H16F2N2O/c1-17(2)11-6-7-18(17,9-23)16-10(11)8-14(21-22-16)15-12(19)4-3-5-13(15)20/h3-5,8-9,11H,6-7H2,1-2H3/t11-,18-/m0/s1. The van der Waals surface area contributed by atoms with Crippen LogP contribution in [0, 0.1) is 17.0 Å². The molecule has 4 rings (SSSR count). The Balaban J connectivity index is 1.93. The highest BCUT2D eigenvalue weighted by molar-refractivity contribution is 5.76. The van der Waals surface area contributed by atoms with Crippen molar-refractivity contribution in [1.29, 1.82) is 0 Å². The number of benzene rings is 1. The monoisotopic (exact) mass is 314 g/mol. The van der Waals surface area contributed by atoms with Crippen LogP contribution in [-0.2, 0) is 10.2 Å². The van der Waals surface area contributed by atoms with Crippen molar-refractivity contribution in [3.05, 3.63) is 47.2 Å². The molecule has 2 aliphatic carbocycles. The van der Waals surface area contributed by atoms with Crippen molar-refractivity contribution in [3.63, 3.8) is 0 Å². The molecule has 1 aromatic heterocycles. The Morgan fingerprint density at radius 2 is 1.91 bits per heavy atom. The van der Waals surface area contributed by atoms with E-state index in [1.165, 1.54) is 18.2 Å². The summed E-state index contributed by atoms with van der Waals surface area (Å²) in [5.41, 5.74) is 0.715. The lowest BCUT2D eigenvalue weighted by Crippen LogP contribution is -2.37. The maximum Gasteiger partial charge on any atom is 0.135 e. The van der Waals surface area contributed by atoms with E-state index in [1.54, 1.807) is 6.07 Å². The van der Waals surface area contributed by atoms with Gasteiger partial charge in [-0.1, -0.05) is 19.9 Å². The molecule has 1 saturated carbocycles. The first-order valence-electron chi connectivity index (χ1n) is 7.71. The number of fused-ring (bicyclic) bond motifs is 5. The predicted molar refractivity (Wildman–Crippen MR) is 80.9 cm³/mol. The van der Waals surface area contributed by atoms with Gasteiger partial charge in [-0.25, -0.2) is 8.78 Å². The van der Waals surface area contributed by atoms with E-state index in [4.69, 9.17) is 0 Å². The van der Waals surface area contributed by atoms with Gasteiger partial charge in [0.2, 0.25) is 0 Å². The highest BCUT2D eigenvalue weighted by Gasteiger charge is 2.63.